The van der Waals surface area contributed by atoms with Gasteiger partial charge in [0.15, 0.2) is 0 Å². The number of carboxylic acid groups (broad SMARTS) is 1. The second kappa shape index (κ2) is 4.97. The van der Waals surface area contributed by atoms with Gasteiger partial charge < -0.3 is 5.11 Å². The molecule has 0 aliphatic heterocycles. The zero-order valence-corrected chi connectivity index (χ0v) is 11.9. The molecule has 1 unspecified atom stereocenters. The molecular weight excluding hydrogens is 214 g/mol. The largest absolute Gasteiger partial charge is 0.480 e. The first kappa shape index (κ1) is 14.5. The van der Waals surface area contributed by atoms with Gasteiger partial charge in [0, 0.05) is 6.04 Å². The zero-order chi connectivity index (χ0) is 13.3. The molecule has 1 rings (SSSR count). The molecule has 100 valence electrons. The van der Waals surface area contributed by atoms with E-state index in [1.54, 1.807) is 0 Å². The van der Waals surface area contributed by atoms with Crippen LogP contribution in [-0.2, 0) is 4.79 Å². The number of nitrogens with zero attached hydrogens (tertiary/aromatic N) is 1. The molecule has 0 bridgehead atoms. The highest BCUT2D eigenvalue weighted by Crippen LogP contribution is 2.39. The number of rotatable bonds is 4. The summed E-state index contributed by atoms with van der Waals surface area (Å²) >= 11 is 0. The highest BCUT2D eigenvalue weighted by atomic mass is 16.4. The fraction of sp³-hybridized carbons (Fsp3) is 0.929. The molecule has 0 aromatic carbocycles. The molecule has 1 N–H and O–H groups in total. The maximum atomic E-state index is 11.4. The Labute approximate surface area is 105 Å². The highest BCUT2D eigenvalue weighted by molar-refractivity contribution is 5.77. The predicted octanol–water partition coefficient (Wildman–Crippen LogP) is 3.14. The molecule has 0 aromatic rings. The Morgan fingerprint density at radius 1 is 1.47 bits per heavy atom. The molecule has 0 saturated heterocycles. The van der Waals surface area contributed by atoms with Crippen LogP contribution in [0.3, 0.4) is 0 Å². The highest BCUT2D eigenvalue weighted by Gasteiger charge is 2.40. The number of likely N-dealkylation sites (N-methyl/N-ethyl adjacent to an activating group) is 1. The van der Waals surface area contributed by atoms with Crippen LogP contribution in [0, 0.1) is 5.41 Å². The molecule has 0 heterocycles. The van der Waals surface area contributed by atoms with Gasteiger partial charge in [-0.1, -0.05) is 27.2 Å². The van der Waals surface area contributed by atoms with Crippen molar-refractivity contribution in [2.45, 2.75) is 71.9 Å². The SMILES string of the molecule is CCN(C1CCCC(C)(C)C1)C(C)(C)C(=O)O. The zero-order valence-electron chi connectivity index (χ0n) is 11.9. The minimum absolute atomic E-state index is 0.352. The number of aliphatic carboxylic acids is 1. The van der Waals surface area contributed by atoms with Crippen molar-refractivity contribution in [2.75, 3.05) is 6.54 Å². The van der Waals surface area contributed by atoms with E-state index in [9.17, 15) is 9.90 Å². The lowest BCUT2D eigenvalue weighted by Gasteiger charge is -2.46. The van der Waals surface area contributed by atoms with E-state index in [1.165, 1.54) is 12.8 Å². The third-order valence-corrected chi connectivity index (χ3v) is 4.20. The second-order valence-electron chi connectivity index (χ2n) is 6.56. The van der Waals surface area contributed by atoms with E-state index in [4.69, 9.17) is 0 Å². The molecule has 17 heavy (non-hydrogen) atoms. The molecule has 0 spiro atoms. The Bertz CT molecular complexity index is 284. The summed E-state index contributed by atoms with van der Waals surface area (Å²) in [4.78, 5) is 13.5. The molecule has 3 nitrogen and oxygen atoms in total. The van der Waals surface area contributed by atoms with Gasteiger partial charge in [-0.15, -0.1) is 0 Å². The van der Waals surface area contributed by atoms with Crippen LogP contribution in [0.5, 0.6) is 0 Å². The summed E-state index contributed by atoms with van der Waals surface area (Å²) in [7, 11) is 0. The summed E-state index contributed by atoms with van der Waals surface area (Å²) in [5.41, 5.74) is -0.405. The van der Waals surface area contributed by atoms with Crippen LogP contribution in [0.15, 0.2) is 0 Å². The Hall–Kier alpha value is -0.570. The van der Waals surface area contributed by atoms with Gasteiger partial charge >= 0.3 is 5.97 Å². The van der Waals surface area contributed by atoms with Crippen molar-refractivity contribution in [2.24, 2.45) is 5.41 Å². The second-order valence-corrected chi connectivity index (χ2v) is 6.56. The summed E-state index contributed by atoms with van der Waals surface area (Å²) in [6.45, 7) is 11.1. The first-order chi connectivity index (χ1) is 7.70. The van der Waals surface area contributed by atoms with Crippen LogP contribution in [0.25, 0.3) is 0 Å². The normalized spacial score (nSPS) is 24.9. The fourth-order valence-electron chi connectivity index (χ4n) is 3.16. The van der Waals surface area contributed by atoms with Crippen LogP contribution in [0.1, 0.15) is 60.3 Å². The first-order valence-electron chi connectivity index (χ1n) is 6.71. The number of carbonyl (C=O) groups is 1. The van der Waals surface area contributed by atoms with Gasteiger partial charge in [0.1, 0.15) is 5.54 Å². The summed E-state index contributed by atoms with van der Waals surface area (Å²) in [5, 5.41) is 9.36. The van der Waals surface area contributed by atoms with E-state index >= 15 is 0 Å². The molecule has 1 aliphatic rings. The summed E-state index contributed by atoms with van der Waals surface area (Å²) in [6.07, 6.45) is 4.71. The summed E-state index contributed by atoms with van der Waals surface area (Å²) < 4.78 is 0. The lowest BCUT2D eigenvalue weighted by atomic mass is 9.74. The van der Waals surface area contributed by atoms with Crippen molar-refractivity contribution in [1.82, 2.24) is 4.90 Å². The van der Waals surface area contributed by atoms with Gasteiger partial charge in [-0.25, -0.2) is 0 Å². The van der Waals surface area contributed by atoms with Gasteiger partial charge in [0.25, 0.3) is 0 Å². The summed E-state index contributed by atoms with van der Waals surface area (Å²) in [6, 6.07) is 0.412. The van der Waals surface area contributed by atoms with Gasteiger partial charge in [0.05, 0.1) is 0 Å². The Morgan fingerprint density at radius 2 is 2.06 bits per heavy atom. The molecular formula is C14H27NO2. The fourth-order valence-corrected chi connectivity index (χ4v) is 3.16. The van der Waals surface area contributed by atoms with Crippen molar-refractivity contribution in [3.63, 3.8) is 0 Å². The molecule has 1 atom stereocenters. The monoisotopic (exact) mass is 241 g/mol. The molecule has 1 fully saturated rings. The lowest BCUT2D eigenvalue weighted by Crippen LogP contribution is -2.56. The predicted molar refractivity (Wildman–Crippen MR) is 70.1 cm³/mol. The molecule has 0 radical (unpaired) electrons. The molecule has 3 heteroatoms. The van der Waals surface area contributed by atoms with Crippen LogP contribution in [0.4, 0.5) is 0 Å². The van der Waals surface area contributed by atoms with Gasteiger partial charge in [0.2, 0.25) is 0 Å². The third kappa shape index (κ3) is 3.21. The molecule has 0 amide bonds. The Kier molecular flexibility index (Phi) is 4.23. The van der Waals surface area contributed by atoms with Crippen LogP contribution in [0.2, 0.25) is 0 Å². The van der Waals surface area contributed by atoms with Crippen molar-refractivity contribution in [3.05, 3.63) is 0 Å². The minimum Gasteiger partial charge on any atom is -0.480 e. The summed E-state index contributed by atoms with van der Waals surface area (Å²) in [5.74, 6) is -0.720. The average molecular weight is 241 g/mol. The van der Waals surface area contributed by atoms with Crippen molar-refractivity contribution < 1.29 is 9.90 Å². The third-order valence-electron chi connectivity index (χ3n) is 4.20. The molecule has 1 saturated carbocycles. The van der Waals surface area contributed by atoms with E-state index < -0.39 is 11.5 Å². The van der Waals surface area contributed by atoms with Crippen LogP contribution in [-0.4, -0.2) is 34.1 Å². The van der Waals surface area contributed by atoms with E-state index in [-0.39, 0.29) is 0 Å². The van der Waals surface area contributed by atoms with Crippen molar-refractivity contribution >= 4 is 5.97 Å². The number of hydrogen-bond donors (Lipinski definition) is 1. The van der Waals surface area contributed by atoms with E-state index in [2.05, 4.69) is 25.7 Å². The van der Waals surface area contributed by atoms with Gasteiger partial charge in [-0.3, -0.25) is 9.69 Å². The van der Waals surface area contributed by atoms with E-state index in [0.29, 0.717) is 11.5 Å². The number of hydrogen-bond acceptors (Lipinski definition) is 2. The van der Waals surface area contributed by atoms with E-state index in [1.807, 2.05) is 13.8 Å². The molecule has 0 aromatic heterocycles. The maximum Gasteiger partial charge on any atom is 0.323 e. The topological polar surface area (TPSA) is 40.5 Å². The smallest absolute Gasteiger partial charge is 0.323 e. The quantitative estimate of drug-likeness (QED) is 0.822. The maximum absolute atomic E-state index is 11.4. The van der Waals surface area contributed by atoms with Crippen molar-refractivity contribution in [3.8, 4) is 0 Å². The Morgan fingerprint density at radius 3 is 2.47 bits per heavy atom. The number of carboxylic acids is 1. The standard InChI is InChI=1S/C14H27NO2/c1-6-15(14(4,5)12(16)17)11-8-7-9-13(2,3)10-11/h11H,6-10H2,1-5H3,(H,16,17). The van der Waals surface area contributed by atoms with Gasteiger partial charge in [-0.2, -0.15) is 0 Å². The van der Waals surface area contributed by atoms with Crippen LogP contribution < -0.4 is 0 Å². The average Bonchev–Trinajstić information content (AvgIpc) is 2.16. The first-order valence-corrected chi connectivity index (χ1v) is 6.71. The van der Waals surface area contributed by atoms with Crippen molar-refractivity contribution in [1.29, 1.82) is 0 Å². The minimum atomic E-state index is -0.757. The van der Waals surface area contributed by atoms with Crippen LogP contribution >= 0.6 is 0 Å². The Balaban J connectivity index is 2.84. The van der Waals surface area contributed by atoms with Gasteiger partial charge in [-0.05, 0) is 45.1 Å². The van der Waals surface area contributed by atoms with E-state index in [0.717, 1.165) is 19.4 Å². The lowest BCUT2D eigenvalue weighted by molar-refractivity contribution is -0.152. The molecule has 1 aliphatic carbocycles.